The van der Waals surface area contributed by atoms with Crippen LogP contribution >= 0.6 is 0 Å². The van der Waals surface area contributed by atoms with Gasteiger partial charge in [-0.25, -0.2) is 0 Å². The number of rotatable bonds is 13. The maximum Gasteiger partial charge on any atom is 0.320 e. The molecule has 0 aliphatic carbocycles. The summed E-state index contributed by atoms with van der Waals surface area (Å²) in [7, 11) is 0. The second-order valence-electron chi connectivity index (χ2n) is 6.19. The van der Waals surface area contributed by atoms with E-state index in [2.05, 4.69) is 11.9 Å². The van der Waals surface area contributed by atoms with E-state index in [4.69, 9.17) is 27.4 Å². The third-order valence-corrected chi connectivity index (χ3v) is 3.70. The lowest BCUT2D eigenvalue weighted by Crippen LogP contribution is -2.30. The Morgan fingerprint density at radius 3 is 1.96 bits per heavy atom. The molecule has 25 heavy (non-hydrogen) atoms. The zero-order chi connectivity index (χ0) is 19.7. The van der Waals surface area contributed by atoms with Gasteiger partial charge in [-0.3, -0.25) is 14.6 Å². The van der Waals surface area contributed by atoms with Crippen LogP contribution < -0.4 is 17.2 Å². The highest BCUT2D eigenvalue weighted by Crippen LogP contribution is 2.11. The molecule has 0 aromatic rings. The van der Waals surface area contributed by atoms with Crippen molar-refractivity contribution in [2.24, 2.45) is 28.1 Å². The number of nitrogens with two attached hydrogens (primary N) is 3. The lowest BCUT2D eigenvalue weighted by Gasteiger charge is -2.04. The summed E-state index contributed by atoms with van der Waals surface area (Å²) in [6.45, 7) is 4.41. The van der Waals surface area contributed by atoms with Gasteiger partial charge in [-0.1, -0.05) is 52.4 Å². The van der Waals surface area contributed by atoms with Crippen LogP contribution in [0.1, 0.15) is 71.6 Å². The molecule has 148 valence electrons. The third kappa shape index (κ3) is 20.1. The maximum atomic E-state index is 10.5. The fraction of sp³-hybridized carbons (Fsp3) is 0.824. The standard InChI is InChI=1S/C11H22O2.C6H14N4O2/c1-3-4-5-6-7-8-9-10(2)11(12)13;7-4(5(11)12)2-1-3-10-6(8)9/h10H,3-9H2,1-2H3,(H,12,13);4H,1-3,7H2,(H,11,12)(H4,8,9,10)/t;4-/m.0/s1. The molecule has 0 saturated carbocycles. The van der Waals surface area contributed by atoms with Gasteiger partial charge in [0.1, 0.15) is 6.04 Å². The first-order valence-corrected chi connectivity index (χ1v) is 8.98. The van der Waals surface area contributed by atoms with E-state index in [1.165, 1.54) is 32.1 Å². The number of hydrogen-bond donors (Lipinski definition) is 5. The molecule has 8 N–H and O–H groups in total. The number of carboxylic acids is 2. The Balaban J connectivity index is 0. The van der Waals surface area contributed by atoms with Crippen molar-refractivity contribution in [1.82, 2.24) is 0 Å². The minimum Gasteiger partial charge on any atom is -0.481 e. The van der Waals surface area contributed by atoms with Crippen LogP contribution in [-0.2, 0) is 9.59 Å². The molecule has 0 fully saturated rings. The molecule has 0 aromatic heterocycles. The molecule has 2 atom stereocenters. The van der Waals surface area contributed by atoms with Gasteiger partial charge < -0.3 is 27.4 Å². The molecular weight excluding hydrogens is 324 g/mol. The summed E-state index contributed by atoms with van der Waals surface area (Å²) in [5, 5.41) is 17.0. The van der Waals surface area contributed by atoms with Crippen molar-refractivity contribution in [1.29, 1.82) is 0 Å². The number of aliphatic carboxylic acids is 2. The van der Waals surface area contributed by atoms with Crippen molar-refractivity contribution >= 4 is 17.9 Å². The van der Waals surface area contributed by atoms with E-state index in [1.807, 2.05) is 0 Å². The molecule has 0 aliphatic rings. The zero-order valence-electron chi connectivity index (χ0n) is 15.6. The largest absolute Gasteiger partial charge is 0.481 e. The van der Waals surface area contributed by atoms with Crippen LogP contribution in [0, 0.1) is 5.92 Å². The number of aliphatic imine (C=N–C) groups is 1. The minimum absolute atomic E-state index is 0.0129. The van der Waals surface area contributed by atoms with Gasteiger partial charge in [0.15, 0.2) is 5.96 Å². The number of hydrogen-bond acceptors (Lipinski definition) is 4. The average molecular weight is 360 g/mol. The first kappa shape index (κ1) is 25.4. The second-order valence-corrected chi connectivity index (χ2v) is 6.19. The van der Waals surface area contributed by atoms with Gasteiger partial charge in [0.25, 0.3) is 0 Å². The summed E-state index contributed by atoms with van der Waals surface area (Å²) in [5.74, 6) is -1.81. The summed E-state index contributed by atoms with van der Waals surface area (Å²) >= 11 is 0. The summed E-state index contributed by atoms with van der Waals surface area (Å²) < 4.78 is 0. The normalized spacial score (nSPS) is 12.4. The Morgan fingerprint density at radius 1 is 0.920 bits per heavy atom. The van der Waals surface area contributed by atoms with Crippen LogP contribution in [0.2, 0.25) is 0 Å². The molecule has 8 heteroatoms. The number of unbranched alkanes of at least 4 members (excludes halogenated alkanes) is 5. The molecular formula is C17H36N4O4. The summed E-state index contributed by atoms with van der Waals surface area (Å²) in [5.41, 5.74) is 15.3. The van der Waals surface area contributed by atoms with E-state index in [0.717, 1.165) is 12.8 Å². The van der Waals surface area contributed by atoms with E-state index in [1.54, 1.807) is 6.92 Å². The Morgan fingerprint density at radius 2 is 1.48 bits per heavy atom. The molecule has 0 aromatic carbocycles. The highest BCUT2D eigenvalue weighted by atomic mass is 16.4. The number of carboxylic acid groups (broad SMARTS) is 2. The van der Waals surface area contributed by atoms with Crippen LogP contribution in [0.4, 0.5) is 0 Å². The van der Waals surface area contributed by atoms with E-state index >= 15 is 0 Å². The number of nitrogens with zero attached hydrogens (tertiary/aromatic N) is 1. The van der Waals surface area contributed by atoms with E-state index in [-0.39, 0.29) is 11.9 Å². The van der Waals surface area contributed by atoms with Crippen LogP contribution in [0.25, 0.3) is 0 Å². The SMILES string of the molecule is CCCCCCCCC(C)C(=O)O.NC(N)=NCCC[C@H](N)C(=O)O. The van der Waals surface area contributed by atoms with Crippen molar-refractivity contribution in [3.8, 4) is 0 Å². The van der Waals surface area contributed by atoms with Gasteiger partial charge in [-0.05, 0) is 19.3 Å². The topological polar surface area (TPSA) is 165 Å². The predicted molar refractivity (Wildman–Crippen MR) is 100 cm³/mol. The van der Waals surface area contributed by atoms with Crippen molar-refractivity contribution in [3.63, 3.8) is 0 Å². The number of guanidine groups is 1. The fourth-order valence-corrected chi connectivity index (χ4v) is 2.00. The molecule has 8 nitrogen and oxygen atoms in total. The molecule has 0 bridgehead atoms. The average Bonchev–Trinajstić information content (AvgIpc) is 2.54. The molecule has 0 heterocycles. The van der Waals surface area contributed by atoms with Crippen LogP contribution in [0.3, 0.4) is 0 Å². The summed E-state index contributed by atoms with van der Waals surface area (Å²) in [4.78, 5) is 24.4. The summed E-state index contributed by atoms with van der Waals surface area (Å²) in [6, 6.07) is -0.820. The highest BCUT2D eigenvalue weighted by molar-refractivity contribution is 5.75. The quantitative estimate of drug-likeness (QED) is 0.190. The lowest BCUT2D eigenvalue weighted by molar-refractivity contribution is -0.141. The molecule has 0 rings (SSSR count). The Hall–Kier alpha value is -1.83. The van der Waals surface area contributed by atoms with Crippen LogP contribution in [0.5, 0.6) is 0 Å². The van der Waals surface area contributed by atoms with Gasteiger partial charge in [0.05, 0.1) is 5.92 Å². The van der Waals surface area contributed by atoms with Crippen molar-refractivity contribution < 1.29 is 19.8 Å². The van der Waals surface area contributed by atoms with Crippen molar-refractivity contribution in [2.75, 3.05) is 6.54 Å². The molecule has 0 aliphatic heterocycles. The monoisotopic (exact) mass is 360 g/mol. The molecule has 0 radical (unpaired) electrons. The van der Waals surface area contributed by atoms with Gasteiger partial charge in [0, 0.05) is 6.54 Å². The van der Waals surface area contributed by atoms with Crippen molar-refractivity contribution in [2.45, 2.75) is 77.7 Å². The van der Waals surface area contributed by atoms with Crippen LogP contribution in [-0.4, -0.2) is 40.7 Å². The first-order chi connectivity index (χ1) is 11.7. The third-order valence-electron chi connectivity index (χ3n) is 3.70. The van der Waals surface area contributed by atoms with Gasteiger partial charge in [0.2, 0.25) is 0 Å². The molecule has 0 amide bonds. The Bertz CT molecular complexity index is 385. The zero-order valence-corrected chi connectivity index (χ0v) is 15.6. The smallest absolute Gasteiger partial charge is 0.320 e. The van der Waals surface area contributed by atoms with E-state index in [9.17, 15) is 9.59 Å². The summed E-state index contributed by atoms with van der Waals surface area (Å²) in [6.07, 6.45) is 9.20. The number of carbonyl (C=O) groups is 2. The van der Waals surface area contributed by atoms with Gasteiger partial charge in [-0.2, -0.15) is 0 Å². The van der Waals surface area contributed by atoms with E-state index in [0.29, 0.717) is 19.4 Å². The maximum absolute atomic E-state index is 10.5. The first-order valence-electron chi connectivity index (χ1n) is 8.98. The molecule has 1 unspecified atom stereocenters. The van der Waals surface area contributed by atoms with E-state index < -0.39 is 18.0 Å². The fourth-order valence-electron chi connectivity index (χ4n) is 2.00. The second kappa shape index (κ2) is 17.0. The Kier molecular flexibility index (Phi) is 17.3. The highest BCUT2D eigenvalue weighted by Gasteiger charge is 2.10. The molecule has 0 spiro atoms. The van der Waals surface area contributed by atoms with Crippen LogP contribution in [0.15, 0.2) is 4.99 Å². The van der Waals surface area contributed by atoms with Gasteiger partial charge >= 0.3 is 11.9 Å². The Labute approximate surface area is 150 Å². The molecule has 0 saturated heterocycles. The lowest BCUT2D eigenvalue weighted by atomic mass is 10.0. The van der Waals surface area contributed by atoms with Crippen molar-refractivity contribution in [3.05, 3.63) is 0 Å². The van der Waals surface area contributed by atoms with Gasteiger partial charge in [-0.15, -0.1) is 0 Å². The minimum atomic E-state index is -1.00. The predicted octanol–water partition coefficient (Wildman–Crippen LogP) is 1.91.